The lowest BCUT2D eigenvalue weighted by Crippen LogP contribution is -2.41. The van der Waals surface area contributed by atoms with E-state index in [0.717, 1.165) is 11.6 Å². The third kappa shape index (κ3) is 2.27. The minimum atomic E-state index is -0.0667. The van der Waals surface area contributed by atoms with E-state index < -0.39 is 0 Å². The summed E-state index contributed by atoms with van der Waals surface area (Å²) in [5.41, 5.74) is 0. The fraction of sp³-hybridized carbons (Fsp3) is 0.500. The van der Waals surface area contributed by atoms with Gasteiger partial charge in [-0.3, -0.25) is 10.1 Å². The summed E-state index contributed by atoms with van der Waals surface area (Å²) in [6, 6.07) is 1.67. The summed E-state index contributed by atoms with van der Waals surface area (Å²) in [4.78, 5) is 11.5. The van der Waals surface area contributed by atoms with E-state index in [1.54, 1.807) is 24.0 Å². The first-order valence-electron chi connectivity index (χ1n) is 4.34. The van der Waals surface area contributed by atoms with Gasteiger partial charge in [-0.1, -0.05) is 5.16 Å². The van der Waals surface area contributed by atoms with E-state index in [1.807, 2.05) is 0 Å². The number of rotatable bonds is 3. The lowest BCUT2D eigenvalue weighted by Gasteiger charge is -2.08. The average molecular weight is 213 g/mol. The van der Waals surface area contributed by atoms with Gasteiger partial charge in [0.05, 0.1) is 18.8 Å². The van der Waals surface area contributed by atoms with E-state index in [9.17, 15) is 4.79 Å². The van der Waals surface area contributed by atoms with Crippen molar-refractivity contribution in [1.82, 2.24) is 15.8 Å². The van der Waals surface area contributed by atoms with Crippen LogP contribution in [0.5, 0.6) is 0 Å². The summed E-state index contributed by atoms with van der Waals surface area (Å²) in [5, 5.41) is 9.42. The molecule has 6 heteroatoms. The van der Waals surface area contributed by atoms with Crippen LogP contribution in [0.1, 0.15) is 5.76 Å². The Balaban J connectivity index is 1.77. The van der Waals surface area contributed by atoms with Gasteiger partial charge in [0.1, 0.15) is 0 Å². The van der Waals surface area contributed by atoms with Crippen molar-refractivity contribution in [2.45, 2.75) is 12.6 Å². The van der Waals surface area contributed by atoms with Gasteiger partial charge in [-0.15, -0.1) is 11.8 Å². The van der Waals surface area contributed by atoms with Crippen molar-refractivity contribution in [2.75, 3.05) is 11.6 Å². The van der Waals surface area contributed by atoms with E-state index in [4.69, 9.17) is 4.52 Å². The first kappa shape index (κ1) is 9.54. The molecule has 5 nitrogen and oxygen atoms in total. The highest BCUT2D eigenvalue weighted by molar-refractivity contribution is 7.99. The molecule has 0 aromatic carbocycles. The number of carbonyl (C=O) groups is 1. The van der Waals surface area contributed by atoms with Gasteiger partial charge in [-0.2, -0.15) is 0 Å². The smallest absolute Gasteiger partial charge is 0.238 e. The SMILES string of the molecule is O=C(NCc1ccno1)C1CSCN1. The number of nitrogens with zero attached hydrogens (tertiary/aromatic N) is 1. The molecule has 2 N–H and O–H groups in total. The van der Waals surface area contributed by atoms with Gasteiger partial charge >= 0.3 is 0 Å². The Morgan fingerprint density at radius 1 is 1.86 bits per heavy atom. The van der Waals surface area contributed by atoms with Gasteiger partial charge in [0.15, 0.2) is 5.76 Å². The molecule has 1 unspecified atom stereocenters. The van der Waals surface area contributed by atoms with Gasteiger partial charge in [-0.25, -0.2) is 0 Å². The number of aromatic nitrogens is 1. The van der Waals surface area contributed by atoms with Crippen LogP contribution in [0.25, 0.3) is 0 Å². The quantitative estimate of drug-likeness (QED) is 0.737. The standard InChI is InChI=1S/C8H11N3O2S/c12-8(7-4-14-5-10-7)9-3-6-1-2-11-13-6/h1-2,7,10H,3-5H2,(H,9,12). The van der Waals surface area contributed by atoms with Gasteiger partial charge in [-0.05, 0) is 0 Å². The Morgan fingerprint density at radius 2 is 2.79 bits per heavy atom. The van der Waals surface area contributed by atoms with Gasteiger partial charge in [0, 0.05) is 17.7 Å². The van der Waals surface area contributed by atoms with Crippen molar-refractivity contribution in [2.24, 2.45) is 0 Å². The number of hydrogen-bond acceptors (Lipinski definition) is 5. The van der Waals surface area contributed by atoms with Crippen molar-refractivity contribution in [1.29, 1.82) is 0 Å². The van der Waals surface area contributed by atoms with E-state index in [2.05, 4.69) is 15.8 Å². The number of nitrogens with one attached hydrogen (secondary N) is 2. The highest BCUT2D eigenvalue weighted by Gasteiger charge is 2.22. The minimum Gasteiger partial charge on any atom is -0.360 e. The zero-order chi connectivity index (χ0) is 9.80. The molecular weight excluding hydrogens is 202 g/mol. The van der Waals surface area contributed by atoms with E-state index in [1.165, 1.54) is 0 Å². The first-order valence-corrected chi connectivity index (χ1v) is 5.50. The van der Waals surface area contributed by atoms with Gasteiger partial charge in [0.25, 0.3) is 0 Å². The van der Waals surface area contributed by atoms with Gasteiger partial charge in [0.2, 0.25) is 5.91 Å². The number of amides is 1. The maximum Gasteiger partial charge on any atom is 0.238 e. The second kappa shape index (κ2) is 4.47. The van der Waals surface area contributed by atoms with Crippen LogP contribution >= 0.6 is 11.8 Å². The predicted molar refractivity (Wildman–Crippen MR) is 52.6 cm³/mol. The molecule has 0 radical (unpaired) electrons. The zero-order valence-electron chi connectivity index (χ0n) is 7.53. The van der Waals surface area contributed by atoms with Crippen LogP contribution in [0.15, 0.2) is 16.8 Å². The molecule has 14 heavy (non-hydrogen) atoms. The largest absolute Gasteiger partial charge is 0.360 e. The molecule has 1 amide bonds. The molecule has 0 aliphatic carbocycles. The monoisotopic (exact) mass is 213 g/mol. The van der Waals surface area contributed by atoms with Crippen LogP contribution in [-0.2, 0) is 11.3 Å². The van der Waals surface area contributed by atoms with Crippen molar-refractivity contribution < 1.29 is 9.32 Å². The Kier molecular flexibility index (Phi) is 3.05. The Morgan fingerprint density at radius 3 is 3.43 bits per heavy atom. The van der Waals surface area contributed by atoms with Crippen molar-refractivity contribution >= 4 is 17.7 Å². The van der Waals surface area contributed by atoms with Crippen molar-refractivity contribution in [3.05, 3.63) is 18.0 Å². The number of carbonyl (C=O) groups excluding carboxylic acids is 1. The van der Waals surface area contributed by atoms with Crippen LogP contribution < -0.4 is 10.6 Å². The molecule has 76 valence electrons. The summed E-state index contributed by atoms with van der Waals surface area (Å²) in [6.07, 6.45) is 1.56. The second-order valence-corrected chi connectivity index (χ2v) is 4.00. The fourth-order valence-electron chi connectivity index (χ4n) is 1.19. The molecule has 2 heterocycles. The molecule has 0 saturated carbocycles. The first-order chi connectivity index (χ1) is 6.86. The Labute approximate surface area is 85.6 Å². The third-order valence-corrected chi connectivity index (χ3v) is 2.90. The molecule has 1 atom stereocenters. The molecule has 0 spiro atoms. The summed E-state index contributed by atoms with van der Waals surface area (Å²) in [5.74, 6) is 2.37. The average Bonchev–Trinajstić information content (AvgIpc) is 2.87. The van der Waals surface area contributed by atoms with Crippen LogP contribution in [-0.4, -0.2) is 28.7 Å². The number of thioether (sulfide) groups is 1. The molecule has 1 aliphatic rings. The molecular formula is C8H11N3O2S. The third-order valence-electron chi connectivity index (χ3n) is 1.96. The normalized spacial score (nSPS) is 21.0. The fourth-order valence-corrected chi connectivity index (χ4v) is 2.14. The van der Waals surface area contributed by atoms with Crippen LogP contribution in [0.4, 0.5) is 0 Å². The Bertz CT molecular complexity index is 296. The molecule has 1 aromatic heterocycles. The van der Waals surface area contributed by atoms with Crippen molar-refractivity contribution in [3.63, 3.8) is 0 Å². The maximum atomic E-state index is 11.5. The molecule has 1 fully saturated rings. The summed E-state index contributed by atoms with van der Waals surface area (Å²) in [7, 11) is 0. The predicted octanol–water partition coefficient (Wildman–Crippen LogP) is -0.0467. The molecule has 1 aromatic rings. The molecule has 1 aliphatic heterocycles. The summed E-state index contributed by atoms with van der Waals surface area (Å²) < 4.78 is 4.86. The second-order valence-electron chi connectivity index (χ2n) is 2.97. The lowest BCUT2D eigenvalue weighted by atomic mass is 10.3. The van der Waals surface area contributed by atoms with Crippen LogP contribution in [0.2, 0.25) is 0 Å². The lowest BCUT2D eigenvalue weighted by molar-refractivity contribution is -0.122. The van der Waals surface area contributed by atoms with E-state index in [-0.39, 0.29) is 11.9 Å². The van der Waals surface area contributed by atoms with E-state index >= 15 is 0 Å². The van der Waals surface area contributed by atoms with Crippen LogP contribution in [0.3, 0.4) is 0 Å². The molecule has 1 saturated heterocycles. The highest BCUT2D eigenvalue weighted by atomic mass is 32.2. The Hall–Kier alpha value is -1.01. The topological polar surface area (TPSA) is 67.2 Å². The summed E-state index contributed by atoms with van der Waals surface area (Å²) >= 11 is 1.73. The zero-order valence-corrected chi connectivity index (χ0v) is 8.34. The summed E-state index contributed by atoms with van der Waals surface area (Å²) in [6.45, 7) is 0.404. The minimum absolute atomic E-state index is 0.0198. The maximum absolute atomic E-state index is 11.5. The van der Waals surface area contributed by atoms with Gasteiger partial charge < -0.3 is 9.84 Å². The van der Waals surface area contributed by atoms with Crippen LogP contribution in [0, 0.1) is 0 Å². The number of hydrogen-bond donors (Lipinski definition) is 2. The highest BCUT2D eigenvalue weighted by Crippen LogP contribution is 2.09. The van der Waals surface area contributed by atoms with Crippen molar-refractivity contribution in [3.8, 4) is 0 Å². The van der Waals surface area contributed by atoms with E-state index in [0.29, 0.717) is 12.3 Å². The molecule has 0 bridgehead atoms. The molecule has 2 rings (SSSR count).